The van der Waals surface area contributed by atoms with Crippen molar-refractivity contribution in [2.45, 2.75) is 38.0 Å². The molecular formula is C14H18FN5O3. The summed E-state index contributed by atoms with van der Waals surface area (Å²) in [6.45, 7) is 2.47. The molecule has 0 aliphatic carbocycles. The van der Waals surface area contributed by atoms with Crippen LogP contribution in [0.25, 0.3) is 11.3 Å². The number of ether oxygens (including phenoxy) is 1. The molecule has 1 unspecified atom stereocenters. The zero-order valence-corrected chi connectivity index (χ0v) is 12.7. The minimum atomic E-state index is -2.07. The van der Waals surface area contributed by atoms with E-state index >= 15 is 0 Å². The second-order valence-electron chi connectivity index (χ2n) is 5.73. The summed E-state index contributed by atoms with van der Waals surface area (Å²) in [5.74, 6) is 0.807. The molecule has 1 aliphatic rings. The lowest BCUT2D eigenvalue weighted by molar-refractivity contribution is -0.0586. The van der Waals surface area contributed by atoms with Gasteiger partial charge in [-0.2, -0.15) is 0 Å². The highest BCUT2D eigenvalue weighted by molar-refractivity contribution is 5.69. The molecule has 23 heavy (non-hydrogen) atoms. The highest BCUT2D eigenvalue weighted by Gasteiger charge is 2.54. The average molecular weight is 323 g/mol. The van der Waals surface area contributed by atoms with E-state index in [0.717, 1.165) is 0 Å². The quantitative estimate of drug-likeness (QED) is 0.738. The normalized spacial score (nSPS) is 30.7. The van der Waals surface area contributed by atoms with Gasteiger partial charge < -0.3 is 25.3 Å². The van der Waals surface area contributed by atoms with E-state index in [4.69, 9.17) is 15.6 Å². The number of halogens is 1. The summed E-state index contributed by atoms with van der Waals surface area (Å²) in [5.41, 5.74) is 4.77. The fourth-order valence-corrected chi connectivity index (χ4v) is 2.68. The first-order valence-electron chi connectivity index (χ1n) is 7.11. The van der Waals surface area contributed by atoms with Gasteiger partial charge in [-0.25, -0.2) is 19.3 Å². The van der Waals surface area contributed by atoms with Crippen molar-refractivity contribution in [2.24, 2.45) is 0 Å². The number of aliphatic hydroxyl groups is 2. The molecule has 3 heterocycles. The van der Waals surface area contributed by atoms with Crippen molar-refractivity contribution < 1.29 is 19.3 Å². The van der Waals surface area contributed by atoms with Gasteiger partial charge in [-0.1, -0.05) is 0 Å². The minimum Gasteiger partial charge on any atom is -0.394 e. The van der Waals surface area contributed by atoms with E-state index in [2.05, 4.69) is 15.0 Å². The van der Waals surface area contributed by atoms with Gasteiger partial charge in [0.25, 0.3) is 0 Å². The van der Waals surface area contributed by atoms with Crippen LogP contribution in [0, 0.1) is 6.92 Å². The standard InChI is InChI=1S/C14H18FN5O3/c1-7-17-3-8(12(16)19-7)9-4-20(6-18-9)13-14(2,15)11(22)10(5-21)23-13/h3-4,6,10-11,13,21-22H,5H2,1-2H3,(H2,16,17,19)/t10-,11?,13-,14-/m1/s1. The van der Waals surface area contributed by atoms with Crippen LogP contribution in [-0.4, -0.2) is 54.2 Å². The van der Waals surface area contributed by atoms with Crippen molar-refractivity contribution in [3.05, 3.63) is 24.5 Å². The van der Waals surface area contributed by atoms with Crippen LogP contribution in [0.4, 0.5) is 10.2 Å². The highest BCUT2D eigenvalue weighted by Crippen LogP contribution is 2.41. The van der Waals surface area contributed by atoms with Gasteiger partial charge >= 0.3 is 0 Å². The van der Waals surface area contributed by atoms with E-state index in [1.54, 1.807) is 19.3 Å². The van der Waals surface area contributed by atoms with Gasteiger partial charge in [0, 0.05) is 12.4 Å². The molecule has 1 fully saturated rings. The molecule has 124 valence electrons. The van der Waals surface area contributed by atoms with Crippen molar-refractivity contribution in [3.8, 4) is 11.3 Å². The maximum atomic E-state index is 14.8. The lowest BCUT2D eigenvalue weighted by Crippen LogP contribution is -2.40. The van der Waals surface area contributed by atoms with Gasteiger partial charge in [0.05, 0.1) is 24.2 Å². The van der Waals surface area contributed by atoms with Gasteiger partial charge in [0.15, 0.2) is 11.9 Å². The van der Waals surface area contributed by atoms with E-state index in [9.17, 15) is 9.50 Å². The fraction of sp³-hybridized carbons (Fsp3) is 0.500. The Bertz CT molecular complexity index is 720. The maximum absolute atomic E-state index is 14.8. The van der Waals surface area contributed by atoms with E-state index in [1.807, 2.05) is 0 Å². The zero-order valence-electron chi connectivity index (χ0n) is 12.7. The van der Waals surface area contributed by atoms with Gasteiger partial charge in [-0.3, -0.25) is 0 Å². The summed E-state index contributed by atoms with van der Waals surface area (Å²) in [6, 6.07) is 0. The SMILES string of the molecule is Cc1ncc(-c2cn([C@@H]3O[C@H](CO)C(O)[C@@]3(C)F)cn2)c(N)n1. The number of aromatic nitrogens is 4. The molecule has 0 amide bonds. The summed E-state index contributed by atoms with van der Waals surface area (Å²) in [7, 11) is 0. The topological polar surface area (TPSA) is 119 Å². The molecule has 8 nitrogen and oxygen atoms in total. The summed E-state index contributed by atoms with van der Waals surface area (Å²) in [6.07, 6.45) is 0.927. The number of nitrogens with two attached hydrogens (primary N) is 1. The van der Waals surface area contributed by atoms with Gasteiger partial charge in [-0.05, 0) is 13.8 Å². The van der Waals surface area contributed by atoms with Crippen LogP contribution in [0.15, 0.2) is 18.7 Å². The second-order valence-corrected chi connectivity index (χ2v) is 5.73. The molecule has 0 saturated carbocycles. The van der Waals surface area contributed by atoms with E-state index in [-0.39, 0.29) is 5.82 Å². The summed E-state index contributed by atoms with van der Waals surface area (Å²) >= 11 is 0. The van der Waals surface area contributed by atoms with Crippen LogP contribution in [0.5, 0.6) is 0 Å². The summed E-state index contributed by atoms with van der Waals surface area (Å²) < 4.78 is 21.6. The Kier molecular flexibility index (Phi) is 3.78. The third-order valence-corrected chi connectivity index (χ3v) is 3.98. The van der Waals surface area contributed by atoms with Crippen molar-refractivity contribution in [2.75, 3.05) is 12.3 Å². The number of anilines is 1. The Labute approximate surface area is 131 Å². The molecule has 4 N–H and O–H groups in total. The third-order valence-electron chi connectivity index (χ3n) is 3.98. The van der Waals surface area contributed by atoms with Crippen LogP contribution in [-0.2, 0) is 4.74 Å². The van der Waals surface area contributed by atoms with E-state index in [0.29, 0.717) is 17.1 Å². The zero-order chi connectivity index (χ0) is 16.8. The van der Waals surface area contributed by atoms with Gasteiger partial charge in [0.2, 0.25) is 0 Å². The molecule has 0 radical (unpaired) electrons. The maximum Gasteiger partial charge on any atom is 0.181 e. The smallest absolute Gasteiger partial charge is 0.181 e. The minimum absolute atomic E-state index is 0.270. The molecule has 4 atom stereocenters. The summed E-state index contributed by atoms with van der Waals surface area (Å²) in [4.78, 5) is 12.3. The largest absolute Gasteiger partial charge is 0.394 e. The molecule has 1 saturated heterocycles. The number of nitrogen functional groups attached to an aromatic ring is 1. The lowest BCUT2D eigenvalue weighted by Gasteiger charge is -2.24. The van der Waals surface area contributed by atoms with E-state index < -0.39 is 30.7 Å². The Hall–Kier alpha value is -2.10. The van der Waals surface area contributed by atoms with Crippen molar-refractivity contribution in [1.29, 1.82) is 0 Å². The predicted molar refractivity (Wildman–Crippen MR) is 78.9 cm³/mol. The third kappa shape index (κ3) is 2.56. The monoisotopic (exact) mass is 323 g/mol. The van der Waals surface area contributed by atoms with Crippen LogP contribution < -0.4 is 5.73 Å². The number of aliphatic hydroxyl groups excluding tert-OH is 2. The molecule has 9 heteroatoms. The van der Waals surface area contributed by atoms with E-state index in [1.165, 1.54) is 17.8 Å². The first-order chi connectivity index (χ1) is 10.8. The predicted octanol–water partition coefficient (Wildman–Crippen LogP) is 0.210. The molecule has 1 aliphatic heterocycles. The first-order valence-corrected chi connectivity index (χ1v) is 7.11. The van der Waals surface area contributed by atoms with Crippen LogP contribution in [0.1, 0.15) is 19.0 Å². The molecule has 2 aromatic heterocycles. The number of alkyl halides is 1. The number of hydrogen-bond donors (Lipinski definition) is 3. The number of aryl methyl sites for hydroxylation is 1. The first kappa shape index (κ1) is 15.8. The molecule has 0 aromatic carbocycles. The van der Waals surface area contributed by atoms with Crippen LogP contribution in [0.2, 0.25) is 0 Å². The molecule has 0 spiro atoms. The molecule has 3 rings (SSSR count). The van der Waals surface area contributed by atoms with Gasteiger partial charge in [-0.15, -0.1) is 0 Å². The lowest BCUT2D eigenvalue weighted by atomic mass is 9.99. The van der Waals surface area contributed by atoms with Crippen LogP contribution in [0.3, 0.4) is 0 Å². The number of imidazole rings is 1. The number of nitrogens with zero attached hydrogens (tertiary/aromatic N) is 4. The number of hydrogen-bond acceptors (Lipinski definition) is 7. The Morgan fingerprint density at radius 3 is 2.83 bits per heavy atom. The highest BCUT2D eigenvalue weighted by atomic mass is 19.1. The van der Waals surface area contributed by atoms with Gasteiger partial charge in [0.1, 0.15) is 23.9 Å². The van der Waals surface area contributed by atoms with Crippen LogP contribution >= 0.6 is 0 Å². The number of rotatable bonds is 3. The Morgan fingerprint density at radius 1 is 1.48 bits per heavy atom. The summed E-state index contributed by atoms with van der Waals surface area (Å²) in [5, 5.41) is 19.1. The van der Waals surface area contributed by atoms with Crippen molar-refractivity contribution in [1.82, 2.24) is 19.5 Å². The molecule has 0 bridgehead atoms. The van der Waals surface area contributed by atoms with Crippen molar-refractivity contribution >= 4 is 5.82 Å². The molecular weight excluding hydrogens is 305 g/mol. The molecule has 2 aromatic rings. The second kappa shape index (κ2) is 5.52. The van der Waals surface area contributed by atoms with Crippen molar-refractivity contribution in [3.63, 3.8) is 0 Å². The average Bonchev–Trinajstić information content (AvgIpc) is 3.04. The Morgan fingerprint density at radius 2 is 2.22 bits per heavy atom. The fourth-order valence-electron chi connectivity index (χ4n) is 2.68. The Balaban J connectivity index is 1.93.